The van der Waals surface area contributed by atoms with Crippen molar-refractivity contribution in [1.29, 1.82) is 0 Å². The number of likely N-dealkylation sites (N-methyl/N-ethyl adjacent to an activating group) is 1. The van der Waals surface area contributed by atoms with Crippen LogP contribution in [0.25, 0.3) is 22.5 Å². The fraction of sp³-hybridized carbons (Fsp3) is 0.290. The van der Waals surface area contributed by atoms with Gasteiger partial charge in [-0.15, -0.1) is 0 Å². The van der Waals surface area contributed by atoms with Crippen LogP contribution in [0.15, 0.2) is 78.9 Å². The Morgan fingerprint density at radius 2 is 1.21 bits per heavy atom. The van der Waals surface area contributed by atoms with Crippen LogP contribution in [0.2, 0.25) is 0 Å². The minimum absolute atomic E-state index is 0.512. The average molecular weight is 526 g/mol. The van der Waals surface area contributed by atoms with Gasteiger partial charge in [0.1, 0.15) is 23.9 Å². The molecule has 202 valence electrons. The zero-order valence-corrected chi connectivity index (χ0v) is 22.8. The number of rotatable bonds is 10. The van der Waals surface area contributed by atoms with E-state index in [-0.39, 0.29) is 0 Å². The summed E-state index contributed by atoms with van der Waals surface area (Å²) in [6.07, 6.45) is 0. The van der Waals surface area contributed by atoms with Crippen molar-refractivity contribution < 1.29 is 14.2 Å². The van der Waals surface area contributed by atoms with E-state index in [0.717, 1.165) is 78.2 Å². The number of anilines is 2. The van der Waals surface area contributed by atoms with Crippen molar-refractivity contribution in [2.75, 3.05) is 65.9 Å². The Kier molecular flexibility index (Phi) is 8.55. The Hall–Kier alpha value is -4.14. The normalized spacial score (nSPS) is 14.1. The van der Waals surface area contributed by atoms with Gasteiger partial charge in [0.25, 0.3) is 0 Å². The van der Waals surface area contributed by atoms with Gasteiger partial charge in [-0.2, -0.15) is 0 Å². The quantitative estimate of drug-likeness (QED) is 0.303. The van der Waals surface area contributed by atoms with Gasteiger partial charge in [-0.3, -0.25) is 4.90 Å². The molecule has 0 spiro atoms. The van der Waals surface area contributed by atoms with Gasteiger partial charge in [-0.1, -0.05) is 0 Å². The zero-order chi connectivity index (χ0) is 27.0. The van der Waals surface area contributed by atoms with Crippen LogP contribution in [0.3, 0.4) is 0 Å². The van der Waals surface area contributed by atoms with Crippen molar-refractivity contribution in [3.05, 3.63) is 78.9 Å². The predicted molar refractivity (Wildman–Crippen MR) is 155 cm³/mol. The molecule has 3 aromatic carbocycles. The molecule has 39 heavy (non-hydrogen) atoms. The lowest BCUT2D eigenvalue weighted by Gasteiger charge is -2.32. The largest absolute Gasteiger partial charge is 0.497 e. The van der Waals surface area contributed by atoms with Gasteiger partial charge in [0.2, 0.25) is 5.95 Å². The van der Waals surface area contributed by atoms with E-state index in [2.05, 4.69) is 22.2 Å². The molecule has 1 N–H and O–H groups in total. The Morgan fingerprint density at radius 3 is 1.72 bits per heavy atom. The first-order chi connectivity index (χ1) is 19.1. The lowest BCUT2D eigenvalue weighted by atomic mass is 10.1. The first-order valence-electron chi connectivity index (χ1n) is 13.2. The molecule has 2 heterocycles. The summed E-state index contributed by atoms with van der Waals surface area (Å²) >= 11 is 0. The summed E-state index contributed by atoms with van der Waals surface area (Å²) in [6.45, 7) is 6.03. The predicted octanol–water partition coefficient (Wildman–Crippen LogP) is 5.20. The average Bonchev–Trinajstić information content (AvgIpc) is 2.99. The van der Waals surface area contributed by atoms with Crippen LogP contribution < -0.4 is 19.5 Å². The highest BCUT2D eigenvalue weighted by Gasteiger charge is 2.13. The van der Waals surface area contributed by atoms with Crippen molar-refractivity contribution in [2.45, 2.75) is 0 Å². The molecule has 1 saturated heterocycles. The van der Waals surface area contributed by atoms with Crippen LogP contribution in [0.1, 0.15) is 0 Å². The summed E-state index contributed by atoms with van der Waals surface area (Å²) in [6, 6.07) is 25.6. The monoisotopic (exact) mass is 525 g/mol. The molecule has 0 amide bonds. The molecule has 1 aliphatic heterocycles. The van der Waals surface area contributed by atoms with E-state index < -0.39 is 0 Å². The Bertz CT molecular complexity index is 1270. The van der Waals surface area contributed by atoms with Gasteiger partial charge in [-0.25, -0.2) is 9.97 Å². The maximum absolute atomic E-state index is 6.00. The molecule has 0 unspecified atom stereocenters. The number of benzene rings is 3. The number of hydrogen-bond acceptors (Lipinski definition) is 8. The molecule has 1 fully saturated rings. The summed E-state index contributed by atoms with van der Waals surface area (Å²) in [5.41, 5.74) is 4.45. The van der Waals surface area contributed by atoms with Crippen LogP contribution in [0.4, 0.5) is 11.6 Å². The van der Waals surface area contributed by atoms with E-state index in [1.807, 2.05) is 78.9 Å². The van der Waals surface area contributed by atoms with Crippen molar-refractivity contribution in [3.8, 4) is 39.8 Å². The Balaban J connectivity index is 1.31. The van der Waals surface area contributed by atoms with Crippen molar-refractivity contribution in [2.24, 2.45) is 0 Å². The summed E-state index contributed by atoms with van der Waals surface area (Å²) in [7, 11) is 5.49. The molecule has 1 aromatic heterocycles. The third kappa shape index (κ3) is 7.04. The van der Waals surface area contributed by atoms with E-state index in [0.29, 0.717) is 12.6 Å². The molecule has 0 aliphatic carbocycles. The zero-order valence-electron chi connectivity index (χ0n) is 22.8. The third-order valence-electron chi connectivity index (χ3n) is 6.88. The van der Waals surface area contributed by atoms with Crippen molar-refractivity contribution >= 4 is 11.6 Å². The van der Waals surface area contributed by atoms with Gasteiger partial charge in [0.15, 0.2) is 0 Å². The Morgan fingerprint density at radius 1 is 0.692 bits per heavy atom. The van der Waals surface area contributed by atoms with E-state index in [4.69, 9.17) is 24.2 Å². The van der Waals surface area contributed by atoms with Crippen LogP contribution in [0, 0.1) is 0 Å². The molecule has 8 nitrogen and oxygen atoms in total. The molecule has 0 radical (unpaired) electrons. The van der Waals surface area contributed by atoms with Crippen molar-refractivity contribution in [3.63, 3.8) is 0 Å². The van der Waals surface area contributed by atoms with Gasteiger partial charge >= 0.3 is 0 Å². The van der Waals surface area contributed by atoms with Gasteiger partial charge < -0.3 is 24.4 Å². The molecule has 0 saturated carbocycles. The van der Waals surface area contributed by atoms with Crippen LogP contribution >= 0.6 is 0 Å². The summed E-state index contributed by atoms with van der Waals surface area (Å²) < 4.78 is 16.6. The molecule has 0 atom stereocenters. The third-order valence-corrected chi connectivity index (χ3v) is 6.88. The highest BCUT2D eigenvalue weighted by Crippen LogP contribution is 2.29. The number of piperazine rings is 1. The minimum atomic E-state index is 0.512. The second-order valence-electron chi connectivity index (χ2n) is 9.56. The maximum atomic E-state index is 6.00. The first-order valence-corrected chi connectivity index (χ1v) is 13.2. The molecule has 5 rings (SSSR count). The highest BCUT2D eigenvalue weighted by atomic mass is 16.5. The van der Waals surface area contributed by atoms with E-state index >= 15 is 0 Å². The molecule has 1 aliphatic rings. The lowest BCUT2D eigenvalue weighted by molar-refractivity contribution is 0.134. The highest BCUT2D eigenvalue weighted by molar-refractivity contribution is 5.71. The van der Waals surface area contributed by atoms with E-state index in [1.54, 1.807) is 14.2 Å². The number of nitrogens with one attached hydrogen (secondary N) is 1. The fourth-order valence-electron chi connectivity index (χ4n) is 4.45. The van der Waals surface area contributed by atoms with Crippen LogP contribution in [0.5, 0.6) is 17.2 Å². The van der Waals surface area contributed by atoms with E-state index in [1.165, 1.54) is 0 Å². The second-order valence-corrected chi connectivity index (χ2v) is 9.56. The number of ether oxygens (including phenoxy) is 3. The SMILES string of the molecule is COc1ccc(-c2cc(-c3ccc(OC)cc3)nc(Nc3ccc(OCCN4CCN(C)CC4)cc3)n2)cc1. The fourth-order valence-corrected chi connectivity index (χ4v) is 4.45. The summed E-state index contributed by atoms with van der Waals surface area (Å²) in [5.74, 6) is 2.96. The smallest absolute Gasteiger partial charge is 0.228 e. The van der Waals surface area contributed by atoms with Gasteiger partial charge in [0, 0.05) is 49.5 Å². The van der Waals surface area contributed by atoms with Gasteiger partial charge in [0.05, 0.1) is 25.6 Å². The topological polar surface area (TPSA) is 72.0 Å². The lowest BCUT2D eigenvalue weighted by Crippen LogP contribution is -2.45. The number of aromatic nitrogens is 2. The van der Waals surface area contributed by atoms with Crippen LogP contribution in [-0.4, -0.2) is 80.4 Å². The standard InChI is InChI=1S/C31H35N5O3/c1-35-16-18-36(19-17-35)20-21-39-28-14-8-25(9-15-28)32-31-33-29(23-4-10-26(37-2)11-5-23)22-30(34-31)24-6-12-27(38-3)13-7-24/h4-15,22H,16-21H2,1-3H3,(H,32,33,34). The summed E-state index contributed by atoms with van der Waals surface area (Å²) in [4.78, 5) is 14.4. The molecule has 8 heteroatoms. The first kappa shape index (κ1) is 26.5. The molecule has 4 aromatic rings. The molecule has 0 bridgehead atoms. The minimum Gasteiger partial charge on any atom is -0.497 e. The second kappa shape index (κ2) is 12.6. The molecular formula is C31H35N5O3. The number of hydrogen-bond donors (Lipinski definition) is 1. The summed E-state index contributed by atoms with van der Waals surface area (Å²) in [5, 5.41) is 3.37. The van der Waals surface area contributed by atoms with E-state index in [9.17, 15) is 0 Å². The molecular weight excluding hydrogens is 490 g/mol. The maximum Gasteiger partial charge on any atom is 0.228 e. The Labute approximate surface area is 230 Å². The number of methoxy groups -OCH3 is 2. The number of nitrogens with zero attached hydrogens (tertiary/aromatic N) is 4. The van der Waals surface area contributed by atoms with Crippen molar-refractivity contribution in [1.82, 2.24) is 19.8 Å². The van der Waals surface area contributed by atoms with Crippen LogP contribution in [-0.2, 0) is 0 Å². The van der Waals surface area contributed by atoms with Gasteiger partial charge in [-0.05, 0) is 85.9 Å².